The number of carboxylic acids is 1. The van der Waals surface area contributed by atoms with Gasteiger partial charge >= 0.3 is 5.97 Å². The number of aliphatic carboxylic acids is 1. The van der Waals surface area contributed by atoms with Gasteiger partial charge in [0.25, 0.3) is 0 Å². The molecule has 1 saturated heterocycles. The first-order valence-corrected chi connectivity index (χ1v) is 7.83. The predicted octanol–water partition coefficient (Wildman–Crippen LogP) is 2.04. The molecule has 0 saturated carbocycles. The molecule has 2 rings (SSSR count). The maximum atomic E-state index is 12.1. The number of nitrogens with zero attached hydrogens (tertiary/aromatic N) is 1. The van der Waals surface area contributed by atoms with Gasteiger partial charge in [-0.15, -0.1) is 0 Å². The Labute approximate surface area is 135 Å². The van der Waals surface area contributed by atoms with Crippen LogP contribution in [-0.4, -0.2) is 40.9 Å². The fraction of sp³-hybridized carbons (Fsp3) is 0.471. The van der Waals surface area contributed by atoms with E-state index in [2.05, 4.69) is 5.32 Å². The Morgan fingerprint density at radius 1 is 1.13 bits per heavy atom. The summed E-state index contributed by atoms with van der Waals surface area (Å²) in [7, 11) is 0. The largest absolute Gasteiger partial charge is 0.481 e. The van der Waals surface area contributed by atoms with Crippen molar-refractivity contribution >= 4 is 23.5 Å². The molecule has 1 aliphatic rings. The van der Waals surface area contributed by atoms with Gasteiger partial charge < -0.3 is 15.3 Å². The van der Waals surface area contributed by atoms with E-state index in [-0.39, 0.29) is 30.6 Å². The lowest BCUT2D eigenvalue weighted by atomic mass is 9.97. The molecule has 0 unspecified atom stereocenters. The molecule has 2 N–H and O–H groups in total. The molecule has 0 bridgehead atoms. The van der Waals surface area contributed by atoms with Gasteiger partial charge in [0.05, 0.1) is 5.92 Å². The van der Waals surface area contributed by atoms with Crippen molar-refractivity contribution < 1.29 is 19.5 Å². The number of carboxylic acid groups (broad SMARTS) is 1. The van der Waals surface area contributed by atoms with E-state index < -0.39 is 5.97 Å². The predicted molar refractivity (Wildman–Crippen MR) is 86.0 cm³/mol. The first-order valence-electron chi connectivity index (χ1n) is 7.83. The van der Waals surface area contributed by atoms with Gasteiger partial charge in [-0.05, 0) is 31.9 Å². The maximum absolute atomic E-state index is 12.1. The van der Waals surface area contributed by atoms with Crippen LogP contribution in [0.5, 0.6) is 0 Å². The molecule has 124 valence electrons. The number of carbonyl (C=O) groups excluding carboxylic acids is 2. The molecule has 1 fully saturated rings. The third kappa shape index (κ3) is 5.09. The molecule has 0 aliphatic carbocycles. The van der Waals surface area contributed by atoms with Gasteiger partial charge in [-0.2, -0.15) is 0 Å². The number of aryl methyl sites for hydroxylation is 1. The Bertz CT molecular complexity index is 575. The molecule has 0 atom stereocenters. The van der Waals surface area contributed by atoms with Crippen molar-refractivity contribution in [1.29, 1.82) is 0 Å². The lowest BCUT2D eigenvalue weighted by Crippen LogP contribution is -2.40. The fourth-order valence-corrected chi connectivity index (χ4v) is 2.61. The first kappa shape index (κ1) is 17.0. The van der Waals surface area contributed by atoms with Gasteiger partial charge in [-0.3, -0.25) is 14.4 Å². The van der Waals surface area contributed by atoms with E-state index in [9.17, 15) is 14.4 Å². The molecule has 1 aromatic carbocycles. The van der Waals surface area contributed by atoms with Crippen LogP contribution >= 0.6 is 0 Å². The third-order valence-corrected chi connectivity index (χ3v) is 4.10. The van der Waals surface area contributed by atoms with Crippen LogP contribution in [0.1, 0.15) is 31.2 Å². The topological polar surface area (TPSA) is 86.7 Å². The van der Waals surface area contributed by atoms with Gasteiger partial charge in [0.1, 0.15) is 0 Å². The number of nitrogens with one attached hydrogen (secondary N) is 1. The van der Waals surface area contributed by atoms with Crippen molar-refractivity contribution in [1.82, 2.24) is 4.90 Å². The molecule has 0 radical (unpaired) electrons. The molecule has 1 aliphatic heterocycles. The Kier molecular flexibility index (Phi) is 5.73. The second-order valence-electron chi connectivity index (χ2n) is 5.91. The number of amides is 2. The van der Waals surface area contributed by atoms with Gasteiger partial charge in [-0.25, -0.2) is 0 Å². The summed E-state index contributed by atoms with van der Waals surface area (Å²) in [5.41, 5.74) is 1.83. The number of carbonyl (C=O) groups is 3. The molecule has 6 nitrogen and oxygen atoms in total. The van der Waals surface area contributed by atoms with Crippen molar-refractivity contribution in [3.05, 3.63) is 29.8 Å². The number of anilines is 1. The Balaban J connectivity index is 1.73. The summed E-state index contributed by atoms with van der Waals surface area (Å²) in [4.78, 5) is 36.5. The van der Waals surface area contributed by atoms with Gasteiger partial charge in [0, 0.05) is 31.6 Å². The van der Waals surface area contributed by atoms with Crippen molar-refractivity contribution in [2.24, 2.45) is 5.92 Å². The highest BCUT2D eigenvalue weighted by Crippen LogP contribution is 2.18. The smallest absolute Gasteiger partial charge is 0.306 e. The Morgan fingerprint density at radius 2 is 1.74 bits per heavy atom. The molecular weight excluding hydrogens is 296 g/mol. The highest BCUT2D eigenvalue weighted by atomic mass is 16.4. The van der Waals surface area contributed by atoms with Crippen LogP contribution < -0.4 is 5.32 Å². The number of piperidine rings is 1. The summed E-state index contributed by atoms with van der Waals surface area (Å²) in [6, 6.07) is 7.47. The molecule has 1 aromatic rings. The minimum absolute atomic E-state index is 0.0899. The van der Waals surface area contributed by atoms with Gasteiger partial charge in [0.2, 0.25) is 11.8 Å². The Morgan fingerprint density at radius 3 is 2.30 bits per heavy atom. The number of rotatable bonds is 5. The Hall–Kier alpha value is -2.37. The van der Waals surface area contributed by atoms with E-state index in [1.54, 1.807) is 4.90 Å². The molecule has 1 heterocycles. The maximum Gasteiger partial charge on any atom is 0.306 e. The lowest BCUT2D eigenvalue weighted by Gasteiger charge is -2.30. The summed E-state index contributed by atoms with van der Waals surface area (Å²) >= 11 is 0. The van der Waals surface area contributed by atoms with Crippen LogP contribution in [0, 0.1) is 12.8 Å². The van der Waals surface area contributed by atoms with Crippen molar-refractivity contribution in [2.75, 3.05) is 18.4 Å². The van der Waals surface area contributed by atoms with E-state index >= 15 is 0 Å². The lowest BCUT2D eigenvalue weighted by molar-refractivity contribution is -0.145. The molecule has 0 spiro atoms. The van der Waals surface area contributed by atoms with E-state index in [0.29, 0.717) is 25.9 Å². The highest BCUT2D eigenvalue weighted by Gasteiger charge is 2.26. The molecule has 23 heavy (non-hydrogen) atoms. The standard InChI is InChI=1S/C17H22N2O4/c1-12-2-4-14(5-3-12)18-15(20)6-7-16(21)19-10-8-13(9-11-19)17(22)23/h2-5,13H,6-11H2,1H3,(H,18,20)(H,22,23). The zero-order chi connectivity index (χ0) is 16.8. The quantitative estimate of drug-likeness (QED) is 0.870. The van der Waals surface area contributed by atoms with Crippen LogP contribution in [0.25, 0.3) is 0 Å². The van der Waals surface area contributed by atoms with Crippen molar-refractivity contribution in [3.63, 3.8) is 0 Å². The molecule has 6 heteroatoms. The molecule has 2 amide bonds. The summed E-state index contributed by atoms with van der Waals surface area (Å²) < 4.78 is 0. The normalized spacial score (nSPS) is 15.3. The highest BCUT2D eigenvalue weighted by molar-refractivity contribution is 5.93. The average Bonchev–Trinajstić information content (AvgIpc) is 2.55. The van der Waals surface area contributed by atoms with E-state index in [4.69, 9.17) is 5.11 Å². The van der Waals surface area contributed by atoms with Crippen LogP contribution in [0.2, 0.25) is 0 Å². The zero-order valence-corrected chi connectivity index (χ0v) is 13.2. The molecule has 0 aromatic heterocycles. The second kappa shape index (κ2) is 7.76. The zero-order valence-electron chi connectivity index (χ0n) is 13.2. The van der Waals surface area contributed by atoms with E-state index in [1.165, 1.54) is 0 Å². The summed E-state index contributed by atoms with van der Waals surface area (Å²) in [6.07, 6.45) is 1.24. The minimum atomic E-state index is -0.797. The summed E-state index contributed by atoms with van der Waals surface area (Å²) in [6.45, 7) is 2.88. The van der Waals surface area contributed by atoms with Gasteiger partial charge in [-0.1, -0.05) is 17.7 Å². The monoisotopic (exact) mass is 318 g/mol. The number of likely N-dealkylation sites (tertiary alicyclic amines) is 1. The van der Waals surface area contributed by atoms with Crippen molar-refractivity contribution in [2.45, 2.75) is 32.6 Å². The minimum Gasteiger partial charge on any atom is -0.481 e. The summed E-state index contributed by atoms with van der Waals surface area (Å²) in [5.74, 6) is -1.44. The fourth-order valence-electron chi connectivity index (χ4n) is 2.61. The molecular formula is C17H22N2O4. The SMILES string of the molecule is Cc1ccc(NC(=O)CCC(=O)N2CCC(C(=O)O)CC2)cc1. The summed E-state index contributed by atoms with van der Waals surface area (Å²) in [5, 5.41) is 11.7. The van der Waals surface area contributed by atoms with Crippen LogP contribution in [-0.2, 0) is 14.4 Å². The average molecular weight is 318 g/mol. The van der Waals surface area contributed by atoms with Crippen LogP contribution in [0.3, 0.4) is 0 Å². The van der Waals surface area contributed by atoms with Gasteiger partial charge in [0.15, 0.2) is 0 Å². The number of benzene rings is 1. The third-order valence-electron chi connectivity index (χ3n) is 4.10. The van der Waals surface area contributed by atoms with Crippen LogP contribution in [0.15, 0.2) is 24.3 Å². The van der Waals surface area contributed by atoms with E-state index in [0.717, 1.165) is 11.3 Å². The van der Waals surface area contributed by atoms with Crippen molar-refractivity contribution in [3.8, 4) is 0 Å². The van der Waals surface area contributed by atoms with E-state index in [1.807, 2.05) is 31.2 Å². The van der Waals surface area contributed by atoms with Crippen LogP contribution in [0.4, 0.5) is 5.69 Å². The first-order chi connectivity index (χ1) is 11.0. The second-order valence-corrected chi connectivity index (χ2v) is 5.91. The number of hydrogen-bond acceptors (Lipinski definition) is 3. The number of hydrogen-bond donors (Lipinski definition) is 2.